The first-order chi connectivity index (χ1) is 10.6. The SMILES string of the molecule is CCCCCCCCCCCC(=O)N1CCCC(C(=O)O)C1. The van der Waals surface area contributed by atoms with Crippen LogP contribution in [0.15, 0.2) is 0 Å². The van der Waals surface area contributed by atoms with Crippen LogP contribution in [0.3, 0.4) is 0 Å². The zero-order valence-electron chi connectivity index (χ0n) is 14.2. The third kappa shape index (κ3) is 7.81. The number of aliphatic carboxylic acids is 1. The van der Waals surface area contributed by atoms with Crippen LogP contribution in [0.25, 0.3) is 0 Å². The maximum absolute atomic E-state index is 12.1. The lowest BCUT2D eigenvalue weighted by atomic mass is 9.98. The maximum atomic E-state index is 12.1. The number of unbranched alkanes of at least 4 members (excludes halogenated alkanes) is 8. The number of rotatable bonds is 11. The van der Waals surface area contributed by atoms with Gasteiger partial charge in [0, 0.05) is 19.5 Å². The molecule has 4 heteroatoms. The van der Waals surface area contributed by atoms with Crippen LogP contribution >= 0.6 is 0 Å². The standard InChI is InChI=1S/C18H33NO3/c1-2-3-4-5-6-7-8-9-10-13-17(20)19-14-11-12-16(15-19)18(21)22/h16H,2-15H2,1H3,(H,21,22). The van der Waals surface area contributed by atoms with Gasteiger partial charge in [-0.15, -0.1) is 0 Å². The number of piperidine rings is 1. The Hall–Kier alpha value is -1.06. The van der Waals surface area contributed by atoms with Gasteiger partial charge in [-0.1, -0.05) is 58.3 Å². The highest BCUT2D eigenvalue weighted by atomic mass is 16.4. The summed E-state index contributed by atoms with van der Waals surface area (Å²) < 4.78 is 0. The fraction of sp³-hybridized carbons (Fsp3) is 0.889. The molecule has 0 spiro atoms. The van der Waals surface area contributed by atoms with E-state index in [1.54, 1.807) is 4.90 Å². The van der Waals surface area contributed by atoms with Gasteiger partial charge in [0.05, 0.1) is 5.92 Å². The first-order valence-electron chi connectivity index (χ1n) is 9.15. The fourth-order valence-corrected chi connectivity index (χ4v) is 3.15. The molecule has 1 unspecified atom stereocenters. The largest absolute Gasteiger partial charge is 0.481 e. The first-order valence-corrected chi connectivity index (χ1v) is 9.15. The number of carboxylic acids is 1. The molecule has 0 aromatic carbocycles. The van der Waals surface area contributed by atoms with Gasteiger partial charge in [0.1, 0.15) is 0 Å². The number of hydrogen-bond donors (Lipinski definition) is 1. The quantitative estimate of drug-likeness (QED) is 0.581. The summed E-state index contributed by atoms with van der Waals surface area (Å²) in [6.45, 7) is 3.38. The molecule has 0 radical (unpaired) electrons. The van der Waals surface area contributed by atoms with Gasteiger partial charge in [0.25, 0.3) is 0 Å². The minimum atomic E-state index is -0.763. The average molecular weight is 311 g/mol. The van der Waals surface area contributed by atoms with Crippen LogP contribution in [-0.4, -0.2) is 35.0 Å². The summed E-state index contributed by atoms with van der Waals surface area (Å²) in [5.41, 5.74) is 0. The Morgan fingerprint density at radius 1 is 1.00 bits per heavy atom. The normalized spacial score (nSPS) is 18.4. The molecule has 0 saturated carbocycles. The third-order valence-electron chi connectivity index (χ3n) is 4.62. The van der Waals surface area contributed by atoms with Crippen LogP contribution in [-0.2, 0) is 9.59 Å². The molecule has 1 amide bonds. The molecule has 0 aromatic rings. The summed E-state index contributed by atoms with van der Waals surface area (Å²) in [6.07, 6.45) is 13.3. The summed E-state index contributed by atoms with van der Waals surface area (Å²) in [5, 5.41) is 9.05. The van der Waals surface area contributed by atoms with Crippen molar-refractivity contribution in [2.75, 3.05) is 13.1 Å². The van der Waals surface area contributed by atoms with Gasteiger partial charge >= 0.3 is 5.97 Å². The zero-order valence-corrected chi connectivity index (χ0v) is 14.2. The Balaban J connectivity index is 2.02. The lowest BCUT2D eigenvalue weighted by Gasteiger charge is -2.30. The van der Waals surface area contributed by atoms with Gasteiger partial charge in [-0.3, -0.25) is 9.59 Å². The first kappa shape index (κ1) is 19.0. The molecular formula is C18H33NO3. The Morgan fingerprint density at radius 3 is 2.18 bits per heavy atom. The van der Waals surface area contributed by atoms with E-state index < -0.39 is 5.97 Å². The van der Waals surface area contributed by atoms with E-state index in [1.807, 2.05) is 0 Å². The fourth-order valence-electron chi connectivity index (χ4n) is 3.15. The van der Waals surface area contributed by atoms with E-state index in [0.717, 1.165) is 25.8 Å². The Kier molecular flexibility index (Phi) is 9.93. The smallest absolute Gasteiger partial charge is 0.308 e. The molecule has 1 aliphatic heterocycles. The number of hydrogen-bond acceptors (Lipinski definition) is 2. The summed E-state index contributed by atoms with van der Waals surface area (Å²) in [7, 11) is 0. The van der Waals surface area contributed by atoms with Crippen molar-refractivity contribution < 1.29 is 14.7 Å². The second kappa shape index (κ2) is 11.5. The van der Waals surface area contributed by atoms with Crippen molar-refractivity contribution in [3.63, 3.8) is 0 Å². The van der Waals surface area contributed by atoms with E-state index in [2.05, 4.69) is 6.92 Å². The molecule has 1 N–H and O–H groups in total. The molecule has 1 heterocycles. The van der Waals surface area contributed by atoms with E-state index in [1.165, 1.54) is 44.9 Å². The summed E-state index contributed by atoms with van der Waals surface area (Å²) in [5.74, 6) is -0.977. The molecule has 0 aliphatic carbocycles. The van der Waals surface area contributed by atoms with Crippen molar-refractivity contribution in [3.05, 3.63) is 0 Å². The van der Waals surface area contributed by atoms with Crippen LogP contribution in [0.2, 0.25) is 0 Å². The molecule has 0 bridgehead atoms. The van der Waals surface area contributed by atoms with Crippen LogP contribution in [0.1, 0.15) is 84.0 Å². The highest BCUT2D eigenvalue weighted by Gasteiger charge is 2.27. The van der Waals surface area contributed by atoms with Crippen molar-refractivity contribution in [2.45, 2.75) is 84.0 Å². The third-order valence-corrected chi connectivity index (χ3v) is 4.62. The van der Waals surface area contributed by atoms with Crippen LogP contribution in [0, 0.1) is 5.92 Å². The van der Waals surface area contributed by atoms with E-state index in [-0.39, 0.29) is 11.8 Å². The van der Waals surface area contributed by atoms with E-state index >= 15 is 0 Å². The molecule has 22 heavy (non-hydrogen) atoms. The van der Waals surface area contributed by atoms with Gasteiger partial charge in [0.15, 0.2) is 0 Å². The Labute approximate surface area is 135 Å². The van der Waals surface area contributed by atoms with E-state index in [9.17, 15) is 9.59 Å². The molecule has 128 valence electrons. The molecule has 1 fully saturated rings. The lowest BCUT2D eigenvalue weighted by Crippen LogP contribution is -2.42. The lowest BCUT2D eigenvalue weighted by molar-refractivity contribution is -0.145. The van der Waals surface area contributed by atoms with Gasteiger partial charge in [-0.25, -0.2) is 0 Å². The topological polar surface area (TPSA) is 57.6 Å². The van der Waals surface area contributed by atoms with Gasteiger partial charge in [-0.2, -0.15) is 0 Å². The van der Waals surface area contributed by atoms with E-state index in [4.69, 9.17) is 5.11 Å². The minimum absolute atomic E-state index is 0.147. The predicted octanol–water partition coefficient (Wildman–Crippen LogP) is 4.23. The maximum Gasteiger partial charge on any atom is 0.308 e. The second-order valence-corrected chi connectivity index (χ2v) is 6.60. The monoisotopic (exact) mass is 311 g/mol. The Bertz CT molecular complexity index is 330. The molecular weight excluding hydrogens is 278 g/mol. The van der Waals surface area contributed by atoms with Crippen LogP contribution in [0.5, 0.6) is 0 Å². The van der Waals surface area contributed by atoms with Crippen molar-refractivity contribution in [3.8, 4) is 0 Å². The summed E-state index contributed by atoms with van der Waals surface area (Å²) >= 11 is 0. The number of carbonyl (C=O) groups is 2. The van der Waals surface area contributed by atoms with Crippen molar-refractivity contribution in [2.24, 2.45) is 5.92 Å². The number of amides is 1. The van der Waals surface area contributed by atoms with Crippen molar-refractivity contribution >= 4 is 11.9 Å². The predicted molar refractivity (Wildman–Crippen MR) is 88.8 cm³/mol. The van der Waals surface area contributed by atoms with Crippen molar-refractivity contribution in [1.82, 2.24) is 4.90 Å². The average Bonchev–Trinajstić information content (AvgIpc) is 2.53. The molecule has 1 rings (SSSR count). The molecule has 1 saturated heterocycles. The van der Waals surface area contributed by atoms with E-state index in [0.29, 0.717) is 19.4 Å². The molecule has 1 aliphatic rings. The second-order valence-electron chi connectivity index (χ2n) is 6.60. The summed E-state index contributed by atoms with van der Waals surface area (Å²) in [4.78, 5) is 24.9. The molecule has 1 atom stereocenters. The molecule has 4 nitrogen and oxygen atoms in total. The number of carbonyl (C=O) groups excluding carboxylic acids is 1. The highest BCUT2D eigenvalue weighted by Crippen LogP contribution is 2.18. The zero-order chi connectivity index (χ0) is 16.2. The summed E-state index contributed by atoms with van der Waals surface area (Å²) in [6, 6.07) is 0. The highest BCUT2D eigenvalue weighted by molar-refractivity contribution is 5.78. The van der Waals surface area contributed by atoms with Crippen molar-refractivity contribution in [1.29, 1.82) is 0 Å². The van der Waals surface area contributed by atoms with Gasteiger partial charge in [-0.05, 0) is 19.3 Å². The number of carboxylic acid groups (broad SMARTS) is 1. The minimum Gasteiger partial charge on any atom is -0.481 e. The van der Waals surface area contributed by atoms with Crippen LogP contribution in [0.4, 0.5) is 0 Å². The Morgan fingerprint density at radius 2 is 1.59 bits per heavy atom. The number of likely N-dealkylation sites (tertiary alicyclic amines) is 1. The van der Waals surface area contributed by atoms with Gasteiger partial charge in [0.2, 0.25) is 5.91 Å². The molecule has 0 aromatic heterocycles. The number of nitrogens with zero attached hydrogens (tertiary/aromatic N) is 1. The van der Waals surface area contributed by atoms with Gasteiger partial charge < -0.3 is 10.0 Å². The van der Waals surface area contributed by atoms with Crippen LogP contribution < -0.4 is 0 Å².